The molecule has 1 saturated carbocycles. The molecular weight excluding hydrogens is 421 g/mol. The first-order valence-corrected chi connectivity index (χ1v) is 11.6. The number of halogens is 3. The van der Waals surface area contributed by atoms with Gasteiger partial charge < -0.3 is 15.4 Å². The average Bonchev–Trinajstić information content (AvgIpc) is 3.46. The molecule has 2 aliphatic rings. The molecule has 0 bridgehead atoms. The Balaban J connectivity index is 1.53. The van der Waals surface area contributed by atoms with E-state index in [1.807, 2.05) is 0 Å². The summed E-state index contributed by atoms with van der Waals surface area (Å²) in [4.78, 5) is 4.21. The van der Waals surface area contributed by atoms with Crippen LogP contribution in [-0.2, 0) is 10.0 Å². The van der Waals surface area contributed by atoms with Crippen molar-refractivity contribution in [2.45, 2.75) is 50.6 Å². The Morgan fingerprint density at radius 2 is 1.90 bits per heavy atom. The highest BCUT2D eigenvalue weighted by molar-refractivity contribution is 7.89. The molecule has 7 nitrogen and oxygen atoms in total. The lowest BCUT2D eigenvalue weighted by Gasteiger charge is -2.32. The highest BCUT2D eigenvalue weighted by Crippen LogP contribution is 2.45. The number of alkyl halides is 3. The maximum absolute atomic E-state index is 12.6. The van der Waals surface area contributed by atoms with Crippen LogP contribution in [0.5, 0.6) is 5.75 Å². The largest absolute Gasteiger partial charge is 0.573 e. The molecule has 1 aromatic rings. The van der Waals surface area contributed by atoms with Crippen molar-refractivity contribution in [2.75, 3.05) is 25.9 Å². The summed E-state index contributed by atoms with van der Waals surface area (Å²) in [5, 5.41) is 6.55. The fraction of sp³-hybridized carbons (Fsp3) is 0.632. The van der Waals surface area contributed by atoms with Crippen LogP contribution in [0, 0.1) is 0 Å². The Morgan fingerprint density at radius 1 is 1.23 bits per heavy atom. The minimum Gasteiger partial charge on any atom is -0.405 e. The lowest BCUT2D eigenvalue weighted by molar-refractivity contribution is -0.274. The van der Waals surface area contributed by atoms with Gasteiger partial charge in [0, 0.05) is 38.1 Å². The van der Waals surface area contributed by atoms with Gasteiger partial charge in [0.05, 0.1) is 5.75 Å². The van der Waals surface area contributed by atoms with E-state index in [-0.39, 0.29) is 29.5 Å². The molecule has 2 unspecified atom stereocenters. The number of nitrogens with one attached hydrogen (secondary N) is 2. The van der Waals surface area contributed by atoms with Crippen LogP contribution in [-0.4, -0.2) is 63.0 Å². The lowest BCUT2D eigenvalue weighted by Crippen LogP contribution is -2.50. The SMILES string of the molecule is CCS(=O)(=O)N1CCC(NC(=NC)NC2CC2c2ccccc2OC(F)(F)F)CC1. The molecule has 1 aromatic carbocycles. The number of hydrogen-bond acceptors (Lipinski definition) is 4. The molecule has 0 amide bonds. The second kappa shape index (κ2) is 9.01. The van der Waals surface area contributed by atoms with Crippen LogP contribution in [0.3, 0.4) is 0 Å². The molecule has 3 rings (SSSR count). The molecule has 2 N–H and O–H groups in total. The highest BCUT2D eigenvalue weighted by atomic mass is 32.2. The molecule has 2 fully saturated rings. The van der Waals surface area contributed by atoms with Crippen molar-refractivity contribution in [2.24, 2.45) is 4.99 Å². The van der Waals surface area contributed by atoms with Gasteiger partial charge >= 0.3 is 6.36 Å². The molecule has 11 heteroatoms. The van der Waals surface area contributed by atoms with Crippen LogP contribution in [0.1, 0.15) is 37.7 Å². The van der Waals surface area contributed by atoms with Crippen LogP contribution >= 0.6 is 0 Å². The summed E-state index contributed by atoms with van der Waals surface area (Å²) < 4.78 is 67.5. The molecule has 1 aliphatic carbocycles. The number of nitrogens with zero attached hydrogens (tertiary/aromatic N) is 2. The van der Waals surface area contributed by atoms with Gasteiger partial charge in [0.1, 0.15) is 5.75 Å². The van der Waals surface area contributed by atoms with Gasteiger partial charge in [-0.2, -0.15) is 0 Å². The van der Waals surface area contributed by atoms with Crippen molar-refractivity contribution >= 4 is 16.0 Å². The molecule has 2 atom stereocenters. The normalized spacial score (nSPS) is 23.8. The van der Waals surface area contributed by atoms with Crippen LogP contribution in [0.15, 0.2) is 29.3 Å². The number of para-hydroxylation sites is 1. The van der Waals surface area contributed by atoms with E-state index in [2.05, 4.69) is 20.4 Å². The fourth-order valence-corrected chi connectivity index (χ4v) is 4.84. The molecular formula is C19H27F3N4O3S. The first-order valence-electron chi connectivity index (χ1n) is 9.95. The summed E-state index contributed by atoms with van der Waals surface area (Å²) >= 11 is 0. The first kappa shape index (κ1) is 22.7. The van der Waals surface area contributed by atoms with E-state index in [1.54, 1.807) is 26.1 Å². The van der Waals surface area contributed by atoms with Gasteiger partial charge in [0.25, 0.3) is 0 Å². The van der Waals surface area contributed by atoms with Gasteiger partial charge in [-0.1, -0.05) is 18.2 Å². The standard InChI is InChI=1S/C19H27F3N4O3S/c1-3-30(27,28)26-10-8-13(9-11-26)24-18(23-2)25-16-12-15(16)14-6-4-5-7-17(14)29-19(20,21)22/h4-7,13,15-16H,3,8-12H2,1-2H3,(H2,23,24,25). The fourth-order valence-electron chi connectivity index (χ4n) is 3.70. The third kappa shape index (κ3) is 5.78. The number of guanidine groups is 1. The van der Waals surface area contributed by atoms with Gasteiger partial charge in [-0.25, -0.2) is 12.7 Å². The average molecular weight is 449 g/mol. The van der Waals surface area contributed by atoms with E-state index in [9.17, 15) is 21.6 Å². The zero-order valence-corrected chi connectivity index (χ0v) is 17.8. The Bertz CT molecular complexity index is 868. The van der Waals surface area contributed by atoms with Crippen LogP contribution in [0.25, 0.3) is 0 Å². The second-order valence-electron chi connectivity index (χ2n) is 7.47. The Hall–Kier alpha value is -2.01. The van der Waals surface area contributed by atoms with Gasteiger partial charge in [-0.15, -0.1) is 13.2 Å². The van der Waals surface area contributed by atoms with Crippen molar-refractivity contribution < 1.29 is 26.3 Å². The minimum absolute atomic E-state index is 0.0465. The number of piperidine rings is 1. The van der Waals surface area contributed by atoms with E-state index >= 15 is 0 Å². The van der Waals surface area contributed by atoms with E-state index in [0.29, 0.717) is 43.9 Å². The quantitative estimate of drug-likeness (QED) is 0.516. The van der Waals surface area contributed by atoms with E-state index in [0.717, 1.165) is 0 Å². The number of benzene rings is 1. The summed E-state index contributed by atoms with van der Waals surface area (Å²) in [6.45, 7) is 2.55. The molecule has 1 saturated heterocycles. The van der Waals surface area contributed by atoms with Crippen LogP contribution in [0.2, 0.25) is 0 Å². The zero-order chi connectivity index (χ0) is 21.9. The van der Waals surface area contributed by atoms with E-state index < -0.39 is 16.4 Å². The molecule has 0 aromatic heterocycles. The van der Waals surface area contributed by atoms with E-state index in [4.69, 9.17) is 0 Å². The number of ether oxygens (including phenoxy) is 1. The zero-order valence-electron chi connectivity index (χ0n) is 16.9. The van der Waals surface area contributed by atoms with Gasteiger partial charge in [0.15, 0.2) is 5.96 Å². The number of rotatable bonds is 6. The summed E-state index contributed by atoms with van der Waals surface area (Å²) in [6, 6.07) is 6.21. The minimum atomic E-state index is -4.73. The van der Waals surface area contributed by atoms with Crippen molar-refractivity contribution in [1.82, 2.24) is 14.9 Å². The third-order valence-electron chi connectivity index (χ3n) is 5.43. The van der Waals surface area contributed by atoms with Crippen LogP contribution in [0.4, 0.5) is 13.2 Å². The highest BCUT2D eigenvalue weighted by Gasteiger charge is 2.42. The van der Waals surface area contributed by atoms with Crippen molar-refractivity contribution in [3.63, 3.8) is 0 Å². The maximum atomic E-state index is 12.6. The molecule has 0 spiro atoms. The van der Waals surface area contributed by atoms with Crippen molar-refractivity contribution in [1.29, 1.82) is 0 Å². The second-order valence-corrected chi connectivity index (χ2v) is 9.73. The van der Waals surface area contributed by atoms with Crippen molar-refractivity contribution in [3.05, 3.63) is 29.8 Å². The monoisotopic (exact) mass is 448 g/mol. The topological polar surface area (TPSA) is 83.0 Å². The number of aliphatic imine (C=N–C) groups is 1. The summed E-state index contributed by atoms with van der Waals surface area (Å²) in [6.07, 6.45) is -2.73. The third-order valence-corrected chi connectivity index (χ3v) is 7.31. The Labute approximate surface area is 174 Å². The molecule has 30 heavy (non-hydrogen) atoms. The smallest absolute Gasteiger partial charge is 0.405 e. The predicted octanol–water partition coefficient (Wildman–Crippen LogP) is 2.42. The predicted molar refractivity (Wildman–Crippen MR) is 108 cm³/mol. The van der Waals surface area contributed by atoms with E-state index in [1.165, 1.54) is 16.4 Å². The lowest BCUT2D eigenvalue weighted by atomic mass is 10.1. The molecule has 0 radical (unpaired) electrons. The summed E-state index contributed by atoms with van der Waals surface area (Å²) in [7, 11) is -1.55. The Morgan fingerprint density at radius 3 is 2.50 bits per heavy atom. The van der Waals surface area contributed by atoms with Crippen molar-refractivity contribution in [3.8, 4) is 5.75 Å². The maximum Gasteiger partial charge on any atom is 0.573 e. The molecule has 168 valence electrons. The van der Waals surface area contributed by atoms with Gasteiger partial charge in [-0.05, 0) is 37.8 Å². The molecule has 1 aliphatic heterocycles. The number of hydrogen-bond donors (Lipinski definition) is 2. The van der Waals surface area contributed by atoms with Gasteiger partial charge in [0.2, 0.25) is 10.0 Å². The number of sulfonamides is 1. The summed E-state index contributed by atoms with van der Waals surface area (Å²) in [5.41, 5.74) is 0.515. The summed E-state index contributed by atoms with van der Waals surface area (Å²) in [5.74, 6) is 0.385. The Kier molecular flexibility index (Phi) is 6.81. The van der Waals surface area contributed by atoms with Crippen LogP contribution < -0.4 is 15.4 Å². The van der Waals surface area contributed by atoms with Gasteiger partial charge in [-0.3, -0.25) is 4.99 Å². The molecule has 1 heterocycles. The first-order chi connectivity index (χ1) is 14.1.